The highest BCUT2D eigenvalue weighted by atomic mass is 16.5. The number of fused-ring (bicyclic) bond motifs is 1. The zero-order valence-corrected chi connectivity index (χ0v) is 13.8. The number of imidazole rings is 1. The van der Waals surface area contributed by atoms with E-state index in [4.69, 9.17) is 19.9 Å². The van der Waals surface area contributed by atoms with E-state index in [2.05, 4.69) is 15.0 Å². The molecule has 0 atom stereocenters. The fraction of sp³-hybridized carbons (Fsp3) is 0.312. The molecule has 0 aliphatic rings. The van der Waals surface area contributed by atoms with Crippen LogP contribution < -0.4 is 15.2 Å². The van der Waals surface area contributed by atoms with Gasteiger partial charge in [0.05, 0.1) is 37.7 Å². The molecule has 3 aromatic rings. The Kier molecular flexibility index (Phi) is 4.48. The van der Waals surface area contributed by atoms with E-state index in [9.17, 15) is 0 Å². The van der Waals surface area contributed by atoms with Crippen molar-refractivity contribution in [2.45, 2.75) is 6.42 Å². The van der Waals surface area contributed by atoms with Crippen LogP contribution in [0.5, 0.6) is 11.5 Å². The predicted molar refractivity (Wildman–Crippen MR) is 89.8 cm³/mol. The fourth-order valence-electron chi connectivity index (χ4n) is 2.58. The lowest BCUT2D eigenvalue weighted by atomic mass is 10.1. The maximum absolute atomic E-state index is 6.30. The van der Waals surface area contributed by atoms with Crippen LogP contribution in [0.15, 0.2) is 24.8 Å². The van der Waals surface area contributed by atoms with Crippen molar-refractivity contribution >= 4 is 16.6 Å². The molecule has 0 aliphatic heterocycles. The normalized spacial score (nSPS) is 11.0. The minimum absolute atomic E-state index is 0.454. The summed E-state index contributed by atoms with van der Waals surface area (Å²) in [6, 6.07) is 1.79. The van der Waals surface area contributed by atoms with Gasteiger partial charge in [0.1, 0.15) is 6.33 Å². The van der Waals surface area contributed by atoms with Crippen molar-refractivity contribution in [2.75, 3.05) is 33.7 Å². The minimum atomic E-state index is 0.454. The molecule has 2 N–H and O–H groups in total. The van der Waals surface area contributed by atoms with Crippen LogP contribution in [0.25, 0.3) is 16.9 Å². The summed E-state index contributed by atoms with van der Waals surface area (Å²) < 4.78 is 17.7. The quantitative estimate of drug-likeness (QED) is 0.686. The average molecular weight is 329 g/mol. The van der Waals surface area contributed by atoms with E-state index in [0.29, 0.717) is 41.7 Å². The highest BCUT2D eigenvalue weighted by Gasteiger charge is 2.18. The lowest BCUT2D eigenvalue weighted by molar-refractivity contribution is 0.201. The Morgan fingerprint density at radius 3 is 2.62 bits per heavy atom. The van der Waals surface area contributed by atoms with Gasteiger partial charge in [0.2, 0.25) is 5.95 Å². The van der Waals surface area contributed by atoms with Gasteiger partial charge in [-0.1, -0.05) is 0 Å². The summed E-state index contributed by atoms with van der Waals surface area (Å²) in [6.07, 6.45) is 5.69. The third kappa shape index (κ3) is 2.71. The zero-order valence-electron chi connectivity index (χ0n) is 13.8. The number of nitrogens with two attached hydrogens (primary N) is 1. The Hall–Kier alpha value is -2.87. The van der Waals surface area contributed by atoms with E-state index < -0.39 is 0 Å². The molecule has 0 bridgehead atoms. The third-order valence-electron chi connectivity index (χ3n) is 3.71. The number of nitrogens with zero attached hydrogens (tertiary/aromatic N) is 4. The summed E-state index contributed by atoms with van der Waals surface area (Å²) in [4.78, 5) is 13.3. The van der Waals surface area contributed by atoms with E-state index in [1.165, 1.54) is 0 Å². The minimum Gasteiger partial charge on any atom is -0.493 e. The van der Waals surface area contributed by atoms with Crippen LogP contribution in [-0.4, -0.2) is 47.5 Å². The third-order valence-corrected chi connectivity index (χ3v) is 3.71. The maximum Gasteiger partial charge on any atom is 0.235 e. The Morgan fingerprint density at radius 1 is 1.17 bits per heavy atom. The van der Waals surface area contributed by atoms with Crippen LogP contribution in [0, 0.1) is 0 Å². The van der Waals surface area contributed by atoms with Crippen LogP contribution in [0.4, 0.5) is 5.69 Å². The molecule has 0 saturated carbocycles. The summed E-state index contributed by atoms with van der Waals surface area (Å²) in [6.45, 7) is 0.517. The second-order valence-electron chi connectivity index (χ2n) is 5.10. The van der Waals surface area contributed by atoms with E-state index in [1.807, 2.05) is 0 Å². The molecule has 0 radical (unpaired) electrons. The van der Waals surface area contributed by atoms with Gasteiger partial charge in [-0.25, -0.2) is 15.0 Å². The molecule has 0 amide bonds. The molecule has 8 nitrogen and oxygen atoms in total. The highest BCUT2D eigenvalue weighted by molar-refractivity contribution is 5.97. The molecular weight excluding hydrogens is 310 g/mol. The van der Waals surface area contributed by atoms with E-state index >= 15 is 0 Å². The average Bonchev–Trinajstić information content (AvgIpc) is 3.13. The van der Waals surface area contributed by atoms with Gasteiger partial charge < -0.3 is 19.9 Å². The molecular formula is C16H19N5O3. The van der Waals surface area contributed by atoms with Crippen molar-refractivity contribution in [2.24, 2.45) is 0 Å². The van der Waals surface area contributed by atoms with E-state index in [0.717, 1.165) is 11.1 Å². The number of methoxy groups -OCH3 is 3. The van der Waals surface area contributed by atoms with Gasteiger partial charge in [-0.05, 0) is 0 Å². The van der Waals surface area contributed by atoms with Crippen molar-refractivity contribution in [1.29, 1.82) is 0 Å². The van der Waals surface area contributed by atoms with Crippen molar-refractivity contribution in [3.8, 4) is 17.4 Å². The number of anilines is 1. The van der Waals surface area contributed by atoms with Gasteiger partial charge in [0, 0.05) is 37.4 Å². The van der Waals surface area contributed by atoms with Crippen molar-refractivity contribution < 1.29 is 14.2 Å². The standard InChI is InChI=1S/C16H19N5O3/c1-22-7-4-10-13-11(8-12(23-2)15(24-3)14(13)17)20-16(19-10)21-6-5-18-9-21/h5-6,8-9H,4,7,17H2,1-3H3. The summed E-state index contributed by atoms with van der Waals surface area (Å²) >= 11 is 0. The first-order chi connectivity index (χ1) is 11.7. The molecule has 2 aromatic heterocycles. The summed E-state index contributed by atoms with van der Waals surface area (Å²) in [5.41, 5.74) is 8.21. The second-order valence-corrected chi connectivity index (χ2v) is 5.10. The number of hydrogen-bond acceptors (Lipinski definition) is 7. The second kappa shape index (κ2) is 6.71. The lowest BCUT2D eigenvalue weighted by Crippen LogP contribution is -2.08. The molecule has 1 aromatic carbocycles. The van der Waals surface area contributed by atoms with Gasteiger partial charge in [0.15, 0.2) is 11.5 Å². The maximum atomic E-state index is 6.30. The Labute approximate surface area is 139 Å². The van der Waals surface area contributed by atoms with Gasteiger partial charge in [0.25, 0.3) is 0 Å². The Bertz CT molecular complexity index is 849. The summed E-state index contributed by atoms with van der Waals surface area (Å²) in [5.74, 6) is 1.51. The molecule has 24 heavy (non-hydrogen) atoms. The van der Waals surface area contributed by atoms with Gasteiger partial charge >= 0.3 is 0 Å². The van der Waals surface area contributed by atoms with Crippen LogP contribution >= 0.6 is 0 Å². The van der Waals surface area contributed by atoms with Crippen molar-refractivity contribution in [3.05, 3.63) is 30.5 Å². The molecule has 3 rings (SSSR count). The SMILES string of the molecule is COCCc1nc(-n2ccnc2)nc2cc(OC)c(OC)c(N)c12. The topological polar surface area (TPSA) is 97.3 Å². The zero-order chi connectivity index (χ0) is 17.1. The van der Waals surface area contributed by atoms with Crippen molar-refractivity contribution in [3.63, 3.8) is 0 Å². The number of aromatic nitrogens is 4. The molecule has 126 valence electrons. The lowest BCUT2D eigenvalue weighted by Gasteiger charge is -2.15. The Morgan fingerprint density at radius 2 is 2.00 bits per heavy atom. The highest BCUT2D eigenvalue weighted by Crippen LogP contribution is 2.40. The first kappa shape index (κ1) is 16.0. The number of benzene rings is 1. The van der Waals surface area contributed by atoms with Gasteiger partial charge in [-0.15, -0.1) is 0 Å². The van der Waals surface area contributed by atoms with Crippen LogP contribution in [0.3, 0.4) is 0 Å². The molecule has 2 heterocycles. The fourth-order valence-corrected chi connectivity index (χ4v) is 2.58. The molecule has 0 unspecified atom stereocenters. The van der Waals surface area contributed by atoms with Gasteiger partial charge in [-0.2, -0.15) is 0 Å². The van der Waals surface area contributed by atoms with Crippen LogP contribution in [-0.2, 0) is 11.2 Å². The summed E-state index contributed by atoms with van der Waals surface area (Å²) in [7, 11) is 4.76. The Balaban J connectivity index is 2.29. The molecule has 0 spiro atoms. The number of rotatable bonds is 6. The largest absolute Gasteiger partial charge is 0.493 e. The van der Waals surface area contributed by atoms with E-state index in [-0.39, 0.29) is 0 Å². The van der Waals surface area contributed by atoms with Crippen molar-refractivity contribution in [1.82, 2.24) is 19.5 Å². The monoisotopic (exact) mass is 329 g/mol. The molecule has 0 aliphatic carbocycles. The number of ether oxygens (including phenoxy) is 3. The number of nitrogen functional groups attached to an aromatic ring is 1. The predicted octanol–water partition coefficient (Wildman–Crippen LogP) is 1.60. The van der Waals surface area contributed by atoms with Crippen LogP contribution in [0.1, 0.15) is 5.69 Å². The first-order valence-corrected chi connectivity index (χ1v) is 7.38. The summed E-state index contributed by atoms with van der Waals surface area (Å²) in [5, 5.41) is 0.744. The number of hydrogen-bond donors (Lipinski definition) is 1. The first-order valence-electron chi connectivity index (χ1n) is 7.38. The molecule has 0 saturated heterocycles. The smallest absolute Gasteiger partial charge is 0.235 e. The van der Waals surface area contributed by atoms with E-state index in [1.54, 1.807) is 50.7 Å². The molecule has 0 fully saturated rings. The van der Waals surface area contributed by atoms with Gasteiger partial charge in [-0.3, -0.25) is 4.57 Å². The molecule has 8 heteroatoms. The van der Waals surface area contributed by atoms with Crippen LogP contribution in [0.2, 0.25) is 0 Å².